The van der Waals surface area contributed by atoms with Gasteiger partial charge in [-0.25, -0.2) is 0 Å². The number of aliphatic hydroxyl groups is 1. The molecular formula is C24H32N2O3S. The first kappa shape index (κ1) is 22.5. The Hall–Kier alpha value is -2.15. The van der Waals surface area contributed by atoms with E-state index >= 15 is 0 Å². The fourth-order valence-corrected chi connectivity index (χ4v) is 4.71. The topological polar surface area (TPSA) is 53.0 Å². The molecular weight excluding hydrogens is 396 g/mol. The smallest absolute Gasteiger partial charge is 0.237 e. The zero-order valence-electron chi connectivity index (χ0n) is 17.9. The SMILES string of the molecule is C=CCN(CC(=O)N1CCc2sccc2C1COc1ccc(C)cc1)CC(O)CC. The summed E-state index contributed by atoms with van der Waals surface area (Å²) in [7, 11) is 0. The van der Waals surface area contributed by atoms with Gasteiger partial charge in [0.25, 0.3) is 0 Å². The highest BCUT2D eigenvalue weighted by atomic mass is 32.1. The van der Waals surface area contributed by atoms with Crippen LogP contribution in [0.4, 0.5) is 0 Å². The Balaban J connectivity index is 1.72. The van der Waals surface area contributed by atoms with E-state index in [0.29, 0.717) is 32.7 Å². The molecule has 2 aromatic rings. The van der Waals surface area contributed by atoms with Crippen LogP contribution in [0.25, 0.3) is 0 Å². The second-order valence-electron chi connectivity index (χ2n) is 7.82. The fraction of sp³-hybridized carbons (Fsp3) is 0.458. The molecule has 0 bridgehead atoms. The van der Waals surface area contributed by atoms with Crippen molar-refractivity contribution in [3.8, 4) is 5.75 Å². The van der Waals surface area contributed by atoms with Crippen molar-refractivity contribution in [3.63, 3.8) is 0 Å². The lowest BCUT2D eigenvalue weighted by atomic mass is 10.0. The predicted molar refractivity (Wildman–Crippen MR) is 122 cm³/mol. The Kier molecular flexibility index (Phi) is 8.08. The van der Waals surface area contributed by atoms with Gasteiger partial charge in [0.1, 0.15) is 12.4 Å². The van der Waals surface area contributed by atoms with Gasteiger partial charge in [0.05, 0.1) is 18.7 Å². The van der Waals surface area contributed by atoms with Crippen LogP contribution in [0.15, 0.2) is 48.4 Å². The summed E-state index contributed by atoms with van der Waals surface area (Å²) >= 11 is 1.75. The molecule has 0 saturated carbocycles. The van der Waals surface area contributed by atoms with Crippen LogP contribution in [0.2, 0.25) is 0 Å². The second-order valence-corrected chi connectivity index (χ2v) is 8.82. The minimum Gasteiger partial charge on any atom is -0.491 e. The summed E-state index contributed by atoms with van der Waals surface area (Å²) in [5, 5.41) is 12.1. The Morgan fingerprint density at radius 3 is 2.87 bits per heavy atom. The maximum absolute atomic E-state index is 13.3. The summed E-state index contributed by atoms with van der Waals surface area (Å²) in [6, 6.07) is 10.0. The molecule has 1 aromatic heterocycles. The molecule has 2 unspecified atom stereocenters. The van der Waals surface area contributed by atoms with Crippen LogP contribution in [0.1, 0.15) is 35.4 Å². The first-order valence-corrected chi connectivity index (χ1v) is 11.5. The average molecular weight is 429 g/mol. The second kappa shape index (κ2) is 10.8. The number of nitrogens with zero attached hydrogens (tertiary/aromatic N) is 2. The van der Waals surface area contributed by atoms with Crippen LogP contribution < -0.4 is 4.74 Å². The quantitative estimate of drug-likeness (QED) is 0.585. The molecule has 0 fully saturated rings. The molecule has 1 N–H and O–H groups in total. The maximum Gasteiger partial charge on any atom is 0.237 e. The summed E-state index contributed by atoms with van der Waals surface area (Å²) in [4.78, 5) is 18.5. The standard InChI is InChI=1S/C24H32N2O3S/c1-4-12-25(15-19(27)5-2)16-24(28)26-13-10-23-21(11-14-30-23)22(26)17-29-20-8-6-18(3)7-9-20/h4,6-9,11,14,19,22,27H,1,5,10,12-13,15-17H2,2-3H3. The third kappa shape index (κ3) is 5.72. The van der Waals surface area contributed by atoms with Gasteiger partial charge in [-0.1, -0.05) is 30.7 Å². The van der Waals surface area contributed by atoms with Gasteiger partial charge < -0.3 is 14.7 Å². The van der Waals surface area contributed by atoms with Crippen LogP contribution in [0.5, 0.6) is 5.75 Å². The first-order chi connectivity index (χ1) is 14.5. The van der Waals surface area contributed by atoms with Crippen molar-refractivity contribution in [2.24, 2.45) is 0 Å². The third-order valence-electron chi connectivity index (χ3n) is 5.53. The van der Waals surface area contributed by atoms with E-state index in [2.05, 4.69) is 18.0 Å². The number of fused-ring (bicyclic) bond motifs is 1. The largest absolute Gasteiger partial charge is 0.491 e. The van der Waals surface area contributed by atoms with Crippen molar-refractivity contribution in [1.29, 1.82) is 0 Å². The number of rotatable bonds is 10. The number of aryl methyl sites for hydroxylation is 1. The van der Waals surface area contributed by atoms with Crippen LogP contribution in [0, 0.1) is 6.92 Å². The van der Waals surface area contributed by atoms with Crippen molar-refractivity contribution >= 4 is 17.2 Å². The summed E-state index contributed by atoms with van der Waals surface area (Å²) in [6.07, 6.45) is 2.87. The van der Waals surface area contributed by atoms with E-state index in [-0.39, 0.29) is 18.5 Å². The number of hydrogen-bond acceptors (Lipinski definition) is 5. The number of amides is 1. The van der Waals surface area contributed by atoms with Gasteiger partial charge in [-0.15, -0.1) is 17.9 Å². The Morgan fingerprint density at radius 1 is 1.40 bits per heavy atom. The van der Waals surface area contributed by atoms with Crippen molar-refractivity contribution in [3.05, 3.63) is 64.4 Å². The molecule has 1 aliphatic rings. The molecule has 5 nitrogen and oxygen atoms in total. The fourth-order valence-electron chi connectivity index (χ4n) is 3.78. The average Bonchev–Trinajstić information content (AvgIpc) is 3.22. The third-order valence-corrected chi connectivity index (χ3v) is 6.53. The lowest BCUT2D eigenvalue weighted by molar-refractivity contribution is -0.136. The van der Waals surface area contributed by atoms with Crippen LogP contribution >= 0.6 is 11.3 Å². The predicted octanol–water partition coefficient (Wildman–Crippen LogP) is 3.82. The van der Waals surface area contributed by atoms with E-state index < -0.39 is 6.10 Å². The van der Waals surface area contributed by atoms with E-state index in [1.807, 2.05) is 47.9 Å². The molecule has 1 aliphatic heterocycles. The number of carbonyl (C=O) groups excluding carboxylic acids is 1. The van der Waals surface area contributed by atoms with Gasteiger partial charge in [0.15, 0.2) is 0 Å². The van der Waals surface area contributed by atoms with Gasteiger partial charge in [-0.3, -0.25) is 9.69 Å². The highest BCUT2D eigenvalue weighted by molar-refractivity contribution is 7.10. The molecule has 1 amide bonds. The molecule has 0 radical (unpaired) electrons. The van der Waals surface area contributed by atoms with Crippen molar-refractivity contribution in [1.82, 2.24) is 9.80 Å². The molecule has 2 heterocycles. The normalized spacial score (nSPS) is 16.9. The van der Waals surface area contributed by atoms with E-state index in [9.17, 15) is 9.90 Å². The van der Waals surface area contributed by atoms with Gasteiger partial charge in [0.2, 0.25) is 5.91 Å². The van der Waals surface area contributed by atoms with Gasteiger partial charge in [0, 0.05) is 24.5 Å². The van der Waals surface area contributed by atoms with E-state index in [4.69, 9.17) is 4.74 Å². The minimum atomic E-state index is -0.441. The van der Waals surface area contributed by atoms with Crippen LogP contribution in [-0.4, -0.2) is 59.7 Å². The summed E-state index contributed by atoms with van der Waals surface area (Å²) < 4.78 is 6.08. The van der Waals surface area contributed by atoms with Gasteiger partial charge in [-0.2, -0.15) is 0 Å². The molecule has 3 rings (SSSR count). The Bertz CT molecular complexity index is 833. The molecule has 2 atom stereocenters. The van der Waals surface area contributed by atoms with E-state index in [0.717, 1.165) is 12.2 Å². The number of thiophene rings is 1. The minimum absolute atomic E-state index is 0.0644. The molecule has 0 spiro atoms. The molecule has 0 aliphatic carbocycles. The lowest BCUT2D eigenvalue weighted by Gasteiger charge is -2.37. The molecule has 6 heteroatoms. The van der Waals surface area contributed by atoms with Crippen LogP contribution in [-0.2, 0) is 11.2 Å². The summed E-state index contributed by atoms with van der Waals surface area (Å²) in [5.41, 5.74) is 2.38. The Labute approximate surface area is 183 Å². The monoisotopic (exact) mass is 428 g/mol. The van der Waals surface area contributed by atoms with Gasteiger partial charge in [-0.05, 0) is 48.9 Å². The van der Waals surface area contributed by atoms with Crippen molar-refractivity contribution < 1.29 is 14.6 Å². The number of ether oxygens (including phenoxy) is 1. The van der Waals surface area contributed by atoms with Crippen LogP contribution in [0.3, 0.4) is 0 Å². The highest BCUT2D eigenvalue weighted by Crippen LogP contribution is 2.34. The number of benzene rings is 1. The summed E-state index contributed by atoms with van der Waals surface area (Å²) in [6.45, 7) is 10.2. The molecule has 30 heavy (non-hydrogen) atoms. The maximum atomic E-state index is 13.3. The van der Waals surface area contributed by atoms with Crippen molar-refractivity contribution in [2.45, 2.75) is 38.8 Å². The summed E-state index contributed by atoms with van der Waals surface area (Å²) in [5.74, 6) is 0.879. The van der Waals surface area contributed by atoms with Gasteiger partial charge >= 0.3 is 0 Å². The molecule has 0 saturated heterocycles. The zero-order valence-corrected chi connectivity index (χ0v) is 18.7. The lowest BCUT2D eigenvalue weighted by Crippen LogP contribution is -2.47. The number of aliphatic hydroxyl groups excluding tert-OH is 1. The Morgan fingerprint density at radius 2 is 2.17 bits per heavy atom. The zero-order chi connectivity index (χ0) is 21.5. The van der Waals surface area contributed by atoms with E-state index in [1.165, 1.54) is 16.0 Å². The number of hydrogen-bond donors (Lipinski definition) is 1. The first-order valence-electron chi connectivity index (χ1n) is 10.6. The van der Waals surface area contributed by atoms with Crippen molar-refractivity contribution in [2.75, 3.05) is 32.8 Å². The highest BCUT2D eigenvalue weighted by Gasteiger charge is 2.32. The number of carbonyl (C=O) groups is 1. The molecule has 162 valence electrons. The molecule has 1 aromatic carbocycles. The van der Waals surface area contributed by atoms with E-state index in [1.54, 1.807) is 17.4 Å².